The van der Waals surface area contributed by atoms with Crippen LogP contribution in [-0.4, -0.2) is 38.9 Å². The number of benzene rings is 3. The van der Waals surface area contributed by atoms with Gasteiger partial charge in [0, 0.05) is 5.69 Å². The van der Waals surface area contributed by atoms with Crippen molar-refractivity contribution in [3.63, 3.8) is 0 Å². The molecule has 0 atom stereocenters. The third-order valence-electron chi connectivity index (χ3n) is 4.95. The Hall–Kier alpha value is -4.33. The molecule has 176 valence electrons. The third-order valence-corrected chi connectivity index (χ3v) is 4.95. The predicted molar refractivity (Wildman–Crippen MR) is 131 cm³/mol. The van der Waals surface area contributed by atoms with E-state index in [1.807, 2.05) is 44.2 Å². The topological polar surface area (TPSA) is 98.2 Å². The van der Waals surface area contributed by atoms with Gasteiger partial charge in [-0.2, -0.15) is 5.10 Å². The Bertz CT molecular complexity index is 1210. The van der Waals surface area contributed by atoms with E-state index in [0.717, 1.165) is 16.8 Å². The number of aryl methyl sites for hydroxylation is 2. The average molecular weight is 462 g/mol. The molecule has 3 rings (SSSR count). The van der Waals surface area contributed by atoms with Crippen molar-refractivity contribution < 1.29 is 23.8 Å². The maximum absolute atomic E-state index is 12.4. The van der Waals surface area contributed by atoms with Gasteiger partial charge in [0.25, 0.3) is 11.8 Å². The van der Waals surface area contributed by atoms with Gasteiger partial charge in [-0.05, 0) is 66.9 Å². The molecule has 8 heteroatoms. The van der Waals surface area contributed by atoms with Crippen LogP contribution in [0.1, 0.15) is 27.0 Å². The van der Waals surface area contributed by atoms with Crippen LogP contribution in [0.4, 0.5) is 5.69 Å². The van der Waals surface area contributed by atoms with E-state index in [1.165, 1.54) is 20.4 Å². The number of methoxy groups -OCH3 is 2. The molecule has 0 aromatic heterocycles. The molecular formula is C26H27N3O5. The molecule has 3 aromatic rings. The lowest BCUT2D eigenvalue weighted by Crippen LogP contribution is -2.20. The first-order chi connectivity index (χ1) is 16.4. The summed E-state index contributed by atoms with van der Waals surface area (Å²) in [6, 6.07) is 17.9. The lowest BCUT2D eigenvalue weighted by atomic mass is 10.1. The molecule has 0 aliphatic carbocycles. The SMILES string of the molecule is COc1cc(/C=N\NC(=O)c2ccc(C)cc2OC)ccc1OCC(=O)Nc1ccccc1C. The number of carbonyl (C=O) groups is 2. The van der Waals surface area contributed by atoms with Crippen molar-refractivity contribution in [2.75, 3.05) is 26.1 Å². The van der Waals surface area contributed by atoms with Gasteiger partial charge in [-0.3, -0.25) is 9.59 Å². The zero-order chi connectivity index (χ0) is 24.5. The first kappa shape index (κ1) is 24.3. The van der Waals surface area contributed by atoms with Crippen LogP contribution in [0, 0.1) is 13.8 Å². The Balaban J connectivity index is 1.60. The second-order valence-electron chi connectivity index (χ2n) is 7.46. The molecular weight excluding hydrogens is 434 g/mol. The summed E-state index contributed by atoms with van der Waals surface area (Å²) in [5.41, 5.74) is 6.23. The zero-order valence-electron chi connectivity index (χ0n) is 19.5. The molecule has 0 aliphatic heterocycles. The van der Waals surface area contributed by atoms with E-state index < -0.39 is 0 Å². The summed E-state index contributed by atoms with van der Waals surface area (Å²) in [6.45, 7) is 3.66. The van der Waals surface area contributed by atoms with Crippen LogP contribution in [0.25, 0.3) is 0 Å². The monoisotopic (exact) mass is 461 g/mol. The van der Waals surface area contributed by atoms with E-state index in [9.17, 15) is 9.59 Å². The highest BCUT2D eigenvalue weighted by molar-refractivity contribution is 5.97. The Labute approximate surface area is 198 Å². The van der Waals surface area contributed by atoms with Crippen LogP contribution < -0.4 is 25.0 Å². The summed E-state index contributed by atoms with van der Waals surface area (Å²) in [4.78, 5) is 24.7. The summed E-state index contributed by atoms with van der Waals surface area (Å²) in [6.07, 6.45) is 1.48. The molecule has 8 nitrogen and oxygen atoms in total. The van der Waals surface area contributed by atoms with Crippen molar-refractivity contribution in [1.29, 1.82) is 0 Å². The Morgan fingerprint density at radius 1 is 0.912 bits per heavy atom. The summed E-state index contributed by atoms with van der Waals surface area (Å²) in [5, 5.41) is 6.83. The van der Waals surface area contributed by atoms with E-state index in [2.05, 4.69) is 15.8 Å². The van der Waals surface area contributed by atoms with E-state index in [-0.39, 0.29) is 18.4 Å². The van der Waals surface area contributed by atoms with Crippen LogP contribution in [0.2, 0.25) is 0 Å². The van der Waals surface area contributed by atoms with Crippen LogP contribution in [-0.2, 0) is 4.79 Å². The van der Waals surface area contributed by atoms with Gasteiger partial charge in [-0.1, -0.05) is 24.3 Å². The van der Waals surface area contributed by atoms with Gasteiger partial charge in [-0.15, -0.1) is 0 Å². The van der Waals surface area contributed by atoms with E-state index in [1.54, 1.807) is 30.3 Å². The predicted octanol–water partition coefficient (Wildman–Crippen LogP) is 4.10. The summed E-state index contributed by atoms with van der Waals surface area (Å²) in [5.74, 6) is 0.644. The molecule has 0 aliphatic rings. The maximum atomic E-state index is 12.4. The van der Waals surface area contributed by atoms with Crippen molar-refractivity contribution in [2.45, 2.75) is 13.8 Å². The van der Waals surface area contributed by atoms with Crippen LogP contribution in [0.5, 0.6) is 17.2 Å². The lowest BCUT2D eigenvalue weighted by molar-refractivity contribution is -0.118. The van der Waals surface area contributed by atoms with Crippen molar-refractivity contribution >= 4 is 23.7 Å². The number of nitrogens with zero attached hydrogens (tertiary/aromatic N) is 1. The molecule has 0 bridgehead atoms. The number of hydrazone groups is 1. The number of hydrogen-bond donors (Lipinski definition) is 2. The average Bonchev–Trinajstić information content (AvgIpc) is 2.84. The minimum Gasteiger partial charge on any atom is -0.496 e. The quantitative estimate of drug-likeness (QED) is 0.369. The normalized spacial score (nSPS) is 10.6. The van der Waals surface area contributed by atoms with E-state index >= 15 is 0 Å². The highest BCUT2D eigenvalue weighted by Gasteiger charge is 2.12. The first-order valence-electron chi connectivity index (χ1n) is 10.6. The van der Waals surface area contributed by atoms with Crippen molar-refractivity contribution in [1.82, 2.24) is 5.43 Å². The summed E-state index contributed by atoms with van der Waals surface area (Å²) in [7, 11) is 3.01. The summed E-state index contributed by atoms with van der Waals surface area (Å²) < 4.78 is 16.3. The summed E-state index contributed by atoms with van der Waals surface area (Å²) >= 11 is 0. The standard InChI is InChI=1S/C26H27N3O5/c1-17-9-11-20(23(13-17)32-3)26(31)29-27-15-19-10-12-22(24(14-19)33-4)34-16-25(30)28-21-8-6-5-7-18(21)2/h5-15H,16H2,1-4H3,(H,28,30)(H,29,31)/b27-15-. The fraction of sp³-hybridized carbons (Fsp3) is 0.192. The lowest BCUT2D eigenvalue weighted by Gasteiger charge is -2.12. The number of hydrogen-bond acceptors (Lipinski definition) is 6. The number of anilines is 1. The van der Waals surface area contributed by atoms with Crippen molar-refractivity contribution in [2.24, 2.45) is 5.10 Å². The molecule has 0 saturated carbocycles. The van der Waals surface area contributed by atoms with Gasteiger partial charge in [0.1, 0.15) is 5.75 Å². The molecule has 2 amide bonds. The Kier molecular flexibility index (Phi) is 8.23. The van der Waals surface area contributed by atoms with E-state index in [0.29, 0.717) is 28.4 Å². The van der Waals surface area contributed by atoms with Crippen molar-refractivity contribution in [3.8, 4) is 17.2 Å². The molecule has 2 N–H and O–H groups in total. The largest absolute Gasteiger partial charge is 0.496 e. The number of para-hydroxylation sites is 1. The van der Waals surface area contributed by atoms with Crippen LogP contribution in [0.3, 0.4) is 0 Å². The molecule has 34 heavy (non-hydrogen) atoms. The van der Waals surface area contributed by atoms with Crippen LogP contribution >= 0.6 is 0 Å². The Morgan fingerprint density at radius 3 is 2.41 bits per heavy atom. The number of amides is 2. The highest BCUT2D eigenvalue weighted by Crippen LogP contribution is 2.27. The molecule has 0 radical (unpaired) electrons. The number of carbonyl (C=O) groups excluding carboxylic acids is 2. The van der Waals surface area contributed by atoms with Gasteiger partial charge < -0.3 is 19.5 Å². The third kappa shape index (κ3) is 6.35. The second-order valence-corrected chi connectivity index (χ2v) is 7.46. The van der Waals surface area contributed by atoms with Gasteiger partial charge in [-0.25, -0.2) is 5.43 Å². The Morgan fingerprint density at radius 2 is 1.68 bits per heavy atom. The molecule has 0 unspecified atom stereocenters. The van der Waals surface area contributed by atoms with Gasteiger partial charge in [0.05, 0.1) is 26.0 Å². The molecule has 0 fully saturated rings. The highest BCUT2D eigenvalue weighted by atomic mass is 16.5. The smallest absolute Gasteiger partial charge is 0.275 e. The molecule has 0 spiro atoms. The number of nitrogens with one attached hydrogen (secondary N) is 2. The fourth-order valence-electron chi connectivity index (χ4n) is 3.14. The van der Waals surface area contributed by atoms with Crippen molar-refractivity contribution in [3.05, 3.63) is 82.9 Å². The number of rotatable bonds is 9. The van der Waals surface area contributed by atoms with Gasteiger partial charge in [0.2, 0.25) is 0 Å². The maximum Gasteiger partial charge on any atom is 0.275 e. The van der Waals surface area contributed by atoms with Gasteiger partial charge in [0.15, 0.2) is 18.1 Å². The fourth-order valence-corrected chi connectivity index (χ4v) is 3.14. The minimum absolute atomic E-state index is 0.174. The van der Waals surface area contributed by atoms with Gasteiger partial charge >= 0.3 is 0 Å². The second kappa shape index (κ2) is 11.5. The molecule has 0 heterocycles. The van der Waals surface area contributed by atoms with E-state index in [4.69, 9.17) is 14.2 Å². The molecule has 3 aromatic carbocycles. The zero-order valence-corrected chi connectivity index (χ0v) is 19.5. The minimum atomic E-state index is -0.389. The molecule has 0 saturated heterocycles. The number of ether oxygens (including phenoxy) is 3. The van der Waals surface area contributed by atoms with Crippen LogP contribution in [0.15, 0.2) is 65.8 Å². The first-order valence-corrected chi connectivity index (χ1v) is 10.6.